The number of rotatable bonds is 1. The van der Waals surface area contributed by atoms with E-state index in [1.807, 2.05) is 16.8 Å². The maximum atomic E-state index is 10.0. The summed E-state index contributed by atoms with van der Waals surface area (Å²) in [5.41, 5.74) is 0.583. The fourth-order valence-corrected chi connectivity index (χ4v) is 2.44. The first-order valence-electron chi connectivity index (χ1n) is 5.02. The SMILES string of the molecule is OC1(CC#Cc2ccsc2)CCCC1. The maximum Gasteiger partial charge on any atom is 0.0756 e. The average molecular weight is 206 g/mol. The smallest absolute Gasteiger partial charge is 0.0756 e. The van der Waals surface area contributed by atoms with E-state index in [2.05, 4.69) is 11.8 Å². The normalized spacial score (nSPS) is 18.9. The molecule has 1 fully saturated rings. The lowest BCUT2D eigenvalue weighted by molar-refractivity contribution is 0.0532. The number of hydrogen-bond acceptors (Lipinski definition) is 2. The monoisotopic (exact) mass is 206 g/mol. The van der Waals surface area contributed by atoms with Crippen molar-refractivity contribution >= 4 is 11.3 Å². The van der Waals surface area contributed by atoms with Crippen LogP contribution in [0.4, 0.5) is 0 Å². The zero-order valence-corrected chi connectivity index (χ0v) is 8.94. The molecule has 1 aromatic rings. The van der Waals surface area contributed by atoms with Crippen LogP contribution in [0.2, 0.25) is 0 Å². The Bertz CT molecular complexity index is 336. The van der Waals surface area contributed by atoms with Crippen LogP contribution in [-0.4, -0.2) is 10.7 Å². The molecule has 1 saturated carbocycles. The first-order chi connectivity index (χ1) is 6.79. The Balaban J connectivity index is 1.93. The molecule has 0 radical (unpaired) electrons. The molecule has 14 heavy (non-hydrogen) atoms. The second-order valence-electron chi connectivity index (χ2n) is 3.92. The molecule has 74 valence electrons. The summed E-state index contributed by atoms with van der Waals surface area (Å²) in [6.07, 6.45) is 4.77. The molecule has 0 bridgehead atoms. The molecule has 0 aliphatic heterocycles. The van der Waals surface area contributed by atoms with Crippen LogP contribution in [-0.2, 0) is 0 Å². The van der Waals surface area contributed by atoms with Gasteiger partial charge in [-0.15, -0.1) is 0 Å². The van der Waals surface area contributed by atoms with Gasteiger partial charge in [0.05, 0.1) is 5.60 Å². The minimum atomic E-state index is -0.483. The van der Waals surface area contributed by atoms with E-state index in [1.54, 1.807) is 11.3 Å². The summed E-state index contributed by atoms with van der Waals surface area (Å²) in [5, 5.41) is 14.1. The summed E-state index contributed by atoms with van der Waals surface area (Å²) in [4.78, 5) is 0. The third-order valence-electron chi connectivity index (χ3n) is 2.71. The Morgan fingerprint density at radius 3 is 2.86 bits per heavy atom. The lowest BCUT2D eigenvalue weighted by Gasteiger charge is -2.17. The van der Waals surface area contributed by atoms with E-state index in [1.165, 1.54) is 0 Å². The van der Waals surface area contributed by atoms with Crippen molar-refractivity contribution in [1.82, 2.24) is 0 Å². The molecule has 0 aromatic carbocycles. The van der Waals surface area contributed by atoms with E-state index in [-0.39, 0.29) is 0 Å². The van der Waals surface area contributed by atoms with Crippen molar-refractivity contribution in [2.45, 2.75) is 37.7 Å². The molecule has 0 saturated heterocycles. The van der Waals surface area contributed by atoms with E-state index in [9.17, 15) is 5.11 Å². The summed E-state index contributed by atoms with van der Waals surface area (Å²) in [5.74, 6) is 6.15. The maximum absolute atomic E-state index is 10.0. The third kappa shape index (κ3) is 2.37. The molecule has 0 atom stereocenters. The Labute approximate surface area is 88.8 Å². The summed E-state index contributed by atoms with van der Waals surface area (Å²) in [7, 11) is 0. The quantitative estimate of drug-likeness (QED) is 0.700. The number of thiophene rings is 1. The van der Waals surface area contributed by atoms with Gasteiger partial charge in [0, 0.05) is 17.4 Å². The highest BCUT2D eigenvalue weighted by Gasteiger charge is 2.29. The van der Waals surface area contributed by atoms with Crippen molar-refractivity contribution in [3.05, 3.63) is 22.4 Å². The molecule has 1 aliphatic carbocycles. The lowest BCUT2D eigenvalue weighted by atomic mass is 9.98. The van der Waals surface area contributed by atoms with Crippen molar-refractivity contribution in [2.24, 2.45) is 0 Å². The van der Waals surface area contributed by atoms with Crippen LogP contribution in [0.15, 0.2) is 16.8 Å². The zero-order valence-electron chi connectivity index (χ0n) is 8.12. The highest BCUT2D eigenvalue weighted by molar-refractivity contribution is 7.08. The Hall–Kier alpha value is -0.780. The standard InChI is InChI=1S/C12H14OS/c13-12(6-1-2-7-12)8-3-4-11-5-9-14-10-11/h5,9-10,13H,1-2,6-8H2. The molecule has 1 aromatic heterocycles. The van der Waals surface area contributed by atoms with Gasteiger partial charge in [-0.3, -0.25) is 0 Å². The molecular formula is C12H14OS. The van der Waals surface area contributed by atoms with Crippen LogP contribution in [0.1, 0.15) is 37.7 Å². The van der Waals surface area contributed by atoms with Crippen LogP contribution in [0.25, 0.3) is 0 Å². The molecular weight excluding hydrogens is 192 g/mol. The van der Waals surface area contributed by atoms with Crippen molar-refractivity contribution < 1.29 is 5.11 Å². The van der Waals surface area contributed by atoms with Gasteiger partial charge in [-0.2, -0.15) is 11.3 Å². The molecule has 2 heteroatoms. The molecule has 2 rings (SSSR count). The van der Waals surface area contributed by atoms with Crippen molar-refractivity contribution in [2.75, 3.05) is 0 Å². The predicted molar refractivity (Wildman–Crippen MR) is 59.2 cm³/mol. The van der Waals surface area contributed by atoms with Crippen LogP contribution in [0.3, 0.4) is 0 Å². The van der Waals surface area contributed by atoms with Gasteiger partial charge in [-0.25, -0.2) is 0 Å². The zero-order chi connectivity index (χ0) is 9.86. The van der Waals surface area contributed by atoms with Gasteiger partial charge in [0.15, 0.2) is 0 Å². The van der Waals surface area contributed by atoms with Crippen molar-refractivity contribution in [1.29, 1.82) is 0 Å². The molecule has 1 heterocycles. The first-order valence-corrected chi connectivity index (χ1v) is 5.96. The molecule has 1 nitrogen and oxygen atoms in total. The average Bonchev–Trinajstić information content (AvgIpc) is 2.77. The highest BCUT2D eigenvalue weighted by atomic mass is 32.1. The Kier molecular flexibility index (Phi) is 2.90. The fourth-order valence-electron chi connectivity index (χ4n) is 1.86. The van der Waals surface area contributed by atoms with E-state index < -0.39 is 5.60 Å². The third-order valence-corrected chi connectivity index (χ3v) is 3.39. The van der Waals surface area contributed by atoms with Crippen LogP contribution in [0, 0.1) is 11.8 Å². The van der Waals surface area contributed by atoms with Crippen molar-refractivity contribution in [3.8, 4) is 11.8 Å². The largest absolute Gasteiger partial charge is 0.389 e. The van der Waals surface area contributed by atoms with Crippen LogP contribution >= 0.6 is 11.3 Å². The minimum Gasteiger partial charge on any atom is -0.389 e. The fraction of sp³-hybridized carbons (Fsp3) is 0.500. The van der Waals surface area contributed by atoms with E-state index in [0.29, 0.717) is 6.42 Å². The Morgan fingerprint density at radius 2 is 2.21 bits per heavy atom. The summed E-state index contributed by atoms with van der Waals surface area (Å²) >= 11 is 1.66. The van der Waals surface area contributed by atoms with E-state index in [0.717, 1.165) is 31.2 Å². The van der Waals surface area contributed by atoms with Crippen LogP contribution in [0.5, 0.6) is 0 Å². The summed E-state index contributed by atoms with van der Waals surface area (Å²) < 4.78 is 0. The van der Waals surface area contributed by atoms with Gasteiger partial charge in [0.25, 0.3) is 0 Å². The van der Waals surface area contributed by atoms with Crippen molar-refractivity contribution in [3.63, 3.8) is 0 Å². The Morgan fingerprint density at radius 1 is 1.43 bits per heavy atom. The molecule has 1 aliphatic rings. The van der Waals surface area contributed by atoms with E-state index >= 15 is 0 Å². The van der Waals surface area contributed by atoms with Crippen LogP contribution < -0.4 is 0 Å². The van der Waals surface area contributed by atoms with Gasteiger partial charge < -0.3 is 5.11 Å². The predicted octanol–water partition coefficient (Wildman–Crippen LogP) is 2.79. The molecule has 0 unspecified atom stereocenters. The van der Waals surface area contributed by atoms with Gasteiger partial charge in [-0.05, 0) is 24.3 Å². The van der Waals surface area contributed by atoms with Gasteiger partial charge in [-0.1, -0.05) is 24.7 Å². The molecule has 0 spiro atoms. The van der Waals surface area contributed by atoms with Gasteiger partial charge in [0.1, 0.15) is 0 Å². The number of aliphatic hydroxyl groups is 1. The minimum absolute atomic E-state index is 0.483. The van der Waals surface area contributed by atoms with Gasteiger partial charge >= 0.3 is 0 Å². The molecule has 0 amide bonds. The number of hydrogen-bond donors (Lipinski definition) is 1. The first kappa shape index (κ1) is 9.76. The summed E-state index contributed by atoms with van der Waals surface area (Å²) in [6.45, 7) is 0. The second-order valence-corrected chi connectivity index (χ2v) is 4.70. The van der Waals surface area contributed by atoms with Gasteiger partial charge in [0.2, 0.25) is 0 Å². The topological polar surface area (TPSA) is 20.2 Å². The highest BCUT2D eigenvalue weighted by Crippen LogP contribution is 2.31. The lowest BCUT2D eigenvalue weighted by Crippen LogP contribution is -2.22. The molecule has 1 N–H and O–H groups in total. The van der Waals surface area contributed by atoms with E-state index in [4.69, 9.17) is 0 Å². The summed E-state index contributed by atoms with van der Waals surface area (Å²) in [6, 6.07) is 2.01. The second kappa shape index (κ2) is 4.16.